The van der Waals surface area contributed by atoms with Gasteiger partial charge in [0.05, 0.1) is 12.8 Å². The fraction of sp³-hybridized carbons (Fsp3) is 0.304. The van der Waals surface area contributed by atoms with Crippen molar-refractivity contribution in [3.63, 3.8) is 0 Å². The van der Waals surface area contributed by atoms with Crippen LogP contribution in [0.5, 0.6) is 17.2 Å². The number of nitrogens with zero attached hydrogens (tertiary/aromatic N) is 4. The Morgan fingerprint density at radius 1 is 1.06 bits per heavy atom. The predicted octanol–water partition coefficient (Wildman–Crippen LogP) is 3.52. The van der Waals surface area contributed by atoms with Crippen LogP contribution in [0.15, 0.2) is 42.7 Å². The minimum absolute atomic E-state index is 0.290. The van der Waals surface area contributed by atoms with E-state index in [1.807, 2.05) is 6.07 Å². The van der Waals surface area contributed by atoms with Gasteiger partial charge in [-0.1, -0.05) is 17.7 Å². The Kier molecular flexibility index (Phi) is 5.97. The van der Waals surface area contributed by atoms with Crippen molar-refractivity contribution in [2.45, 2.75) is 6.54 Å². The standard InChI is InChI=1S/C23H25ClN6O3/c1-31-18-5-3-16(24)11-17(18)28-22-21(25)23(27-13-26-22)30-8-6-29(7-9-30)12-15-2-4-19-20(10-15)33-14-32-19/h2-5,10-11,13H,6-9,12,14,25H2,1H3,(H,26,27,28). The number of nitrogens with one attached hydrogen (secondary N) is 1. The molecule has 3 heterocycles. The normalized spacial score (nSPS) is 15.5. The molecule has 2 aliphatic rings. The van der Waals surface area contributed by atoms with Crippen LogP contribution in [0.2, 0.25) is 5.02 Å². The lowest BCUT2D eigenvalue weighted by Gasteiger charge is -2.36. The van der Waals surface area contributed by atoms with Gasteiger partial charge < -0.3 is 30.2 Å². The number of methoxy groups -OCH3 is 1. The van der Waals surface area contributed by atoms with Crippen molar-refractivity contribution >= 4 is 34.6 Å². The number of benzene rings is 2. The van der Waals surface area contributed by atoms with Gasteiger partial charge in [0.1, 0.15) is 17.8 Å². The fourth-order valence-electron chi connectivity index (χ4n) is 4.06. The van der Waals surface area contributed by atoms with E-state index in [0.29, 0.717) is 34.8 Å². The first-order valence-electron chi connectivity index (χ1n) is 10.7. The molecule has 3 N–H and O–H groups in total. The van der Waals surface area contributed by atoms with Gasteiger partial charge in [0.2, 0.25) is 6.79 Å². The highest BCUT2D eigenvalue weighted by Crippen LogP contribution is 2.35. The minimum atomic E-state index is 0.290. The van der Waals surface area contributed by atoms with E-state index in [1.165, 1.54) is 11.9 Å². The lowest BCUT2D eigenvalue weighted by Crippen LogP contribution is -2.46. The van der Waals surface area contributed by atoms with Gasteiger partial charge in [0, 0.05) is 37.7 Å². The molecule has 172 valence electrons. The van der Waals surface area contributed by atoms with E-state index in [-0.39, 0.29) is 0 Å². The Morgan fingerprint density at radius 2 is 1.88 bits per heavy atom. The van der Waals surface area contributed by atoms with Crippen molar-refractivity contribution in [1.82, 2.24) is 14.9 Å². The molecular formula is C23H25ClN6O3. The second kappa shape index (κ2) is 9.21. The largest absolute Gasteiger partial charge is 0.495 e. The number of piperazine rings is 1. The van der Waals surface area contributed by atoms with Gasteiger partial charge in [-0.15, -0.1) is 0 Å². The highest BCUT2D eigenvalue weighted by atomic mass is 35.5. The molecule has 1 aromatic heterocycles. The van der Waals surface area contributed by atoms with E-state index in [2.05, 4.69) is 37.2 Å². The van der Waals surface area contributed by atoms with Crippen LogP contribution in [0.25, 0.3) is 0 Å². The first kappa shape index (κ1) is 21.4. The van der Waals surface area contributed by atoms with Gasteiger partial charge >= 0.3 is 0 Å². The summed E-state index contributed by atoms with van der Waals surface area (Å²) in [4.78, 5) is 13.4. The van der Waals surface area contributed by atoms with E-state index in [1.54, 1.807) is 25.3 Å². The summed E-state index contributed by atoms with van der Waals surface area (Å²) < 4.78 is 16.3. The average Bonchev–Trinajstić information content (AvgIpc) is 3.29. The molecule has 0 atom stereocenters. The van der Waals surface area contributed by atoms with E-state index >= 15 is 0 Å². The first-order chi connectivity index (χ1) is 16.1. The number of fused-ring (bicyclic) bond motifs is 1. The molecule has 10 heteroatoms. The summed E-state index contributed by atoms with van der Waals surface area (Å²) in [5.41, 5.74) is 8.84. The maximum Gasteiger partial charge on any atom is 0.231 e. The van der Waals surface area contributed by atoms with E-state index in [0.717, 1.165) is 50.0 Å². The number of halogens is 1. The third kappa shape index (κ3) is 4.55. The summed E-state index contributed by atoms with van der Waals surface area (Å²) in [6.45, 7) is 4.55. The fourth-order valence-corrected chi connectivity index (χ4v) is 4.23. The Bertz CT molecular complexity index is 1150. The molecule has 0 amide bonds. The maximum absolute atomic E-state index is 6.46. The lowest BCUT2D eigenvalue weighted by atomic mass is 10.1. The van der Waals surface area contributed by atoms with Gasteiger partial charge in [0.25, 0.3) is 0 Å². The zero-order chi connectivity index (χ0) is 22.8. The first-order valence-corrected chi connectivity index (χ1v) is 11.1. The van der Waals surface area contributed by atoms with Crippen LogP contribution < -0.4 is 30.2 Å². The summed E-state index contributed by atoms with van der Waals surface area (Å²) in [5.74, 6) is 3.51. The van der Waals surface area contributed by atoms with Crippen LogP contribution in [0.4, 0.5) is 23.0 Å². The van der Waals surface area contributed by atoms with E-state index < -0.39 is 0 Å². The molecule has 5 rings (SSSR count). The number of hydrogen-bond acceptors (Lipinski definition) is 9. The topological polar surface area (TPSA) is 98.0 Å². The van der Waals surface area contributed by atoms with Crippen LogP contribution in [0.3, 0.4) is 0 Å². The molecule has 0 saturated carbocycles. The Hall–Kier alpha value is -3.43. The molecule has 0 radical (unpaired) electrons. The lowest BCUT2D eigenvalue weighted by molar-refractivity contribution is 0.174. The Morgan fingerprint density at radius 3 is 2.70 bits per heavy atom. The molecule has 0 unspecified atom stereocenters. The van der Waals surface area contributed by atoms with Crippen molar-refractivity contribution in [3.8, 4) is 17.2 Å². The van der Waals surface area contributed by atoms with E-state index in [9.17, 15) is 0 Å². The molecule has 0 bridgehead atoms. The van der Waals surface area contributed by atoms with Gasteiger partial charge in [0.15, 0.2) is 23.1 Å². The Labute approximate surface area is 197 Å². The summed E-state index contributed by atoms with van der Waals surface area (Å²) in [7, 11) is 1.60. The summed E-state index contributed by atoms with van der Waals surface area (Å²) in [6, 6.07) is 11.4. The van der Waals surface area contributed by atoms with Crippen molar-refractivity contribution in [1.29, 1.82) is 0 Å². The number of aromatic nitrogens is 2. The molecule has 2 aliphatic heterocycles. The Balaban J connectivity index is 1.25. The van der Waals surface area contributed by atoms with Crippen molar-refractivity contribution in [2.24, 2.45) is 0 Å². The summed E-state index contributed by atoms with van der Waals surface area (Å²) in [5, 5.41) is 3.82. The second-order valence-corrected chi connectivity index (χ2v) is 8.32. The van der Waals surface area contributed by atoms with Crippen molar-refractivity contribution in [2.75, 3.05) is 56.0 Å². The third-order valence-electron chi connectivity index (χ3n) is 5.79. The number of nitrogen functional groups attached to an aromatic ring is 1. The molecule has 0 spiro atoms. The number of rotatable bonds is 6. The molecule has 1 saturated heterocycles. The van der Waals surface area contributed by atoms with Gasteiger partial charge in [-0.25, -0.2) is 9.97 Å². The van der Waals surface area contributed by atoms with Gasteiger partial charge in [-0.05, 0) is 35.9 Å². The molecule has 3 aromatic rings. The smallest absolute Gasteiger partial charge is 0.231 e. The average molecular weight is 469 g/mol. The molecule has 1 fully saturated rings. The highest BCUT2D eigenvalue weighted by Gasteiger charge is 2.22. The number of nitrogens with two attached hydrogens (primary N) is 1. The SMILES string of the molecule is COc1ccc(Cl)cc1Nc1ncnc(N2CCN(Cc3ccc4c(c3)OCO4)CC2)c1N. The van der Waals surface area contributed by atoms with Gasteiger partial charge in [-0.3, -0.25) is 4.90 Å². The molecular weight excluding hydrogens is 444 g/mol. The predicted molar refractivity (Wildman–Crippen MR) is 128 cm³/mol. The van der Waals surface area contributed by atoms with Gasteiger partial charge in [-0.2, -0.15) is 0 Å². The van der Waals surface area contributed by atoms with E-state index in [4.69, 9.17) is 31.5 Å². The quantitative estimate of drug-likeness (QED) is 0.563. The van der Waals surface area contributed by atoms with Crippen LogP contribution in [0, 0.1) is 0 Å². The minimum Gasteiger partial charge on any atom is -0.495 e. The maximum atomic E-state index is 6.46. The molecule has 9 nitrogen and oxygen atoms in total. The summed E-state index contributed by atoms with van der Waals surface area (Å²) in [6.07, 6.45) is 1.52. The van der Waals surface area contributed by atoms with Crippen LogP contribution in [-0.4, -0.2) is 54.9 Å². The zero-order valence-corrected chi connectivity index (χ0v) is 19.0. The number of ether oxygens (including phenoxy) is 3. The third-order valence-corrected chi connectivity index (χ3v) is 6.03. The molecule has 0 aliphatic carbocycles. The van der Waals surface area contributed by atoms with Crippen molar-refractivity contribution < 1.29 is 14.2 Å². The van der Waals surface area contributed by atoms with Crippen LogP contribution >= 0.6 is 11.6 Å². The zero-order valence-electron chi connectivity index (χ0n) is 18.3. The second-order valence-electron chi connectivity index (χ2n) is 7.88. The van der Waals surface area contributed by atoms with Crippen LogP contribution in [-0.2, 0) is 6.54 Å². The monoisotopic (exact) mass is 468 g/mol. The van der Waals surface area contributed by atoms with Crippen LogP contribution in [0.1, 0.15) is 5.56 Å². The molecule has 33 heavy (non-hydrogen) atoms. The summed E-state index contributed by atoms with van der Waals surface area (Å²) >= 11 is 6.15. The molecule has 2 aromatic carbocycles. The highest BCUT2D eigenvalue weighted by molar-refractivity contribution is 6.31. The number of anilines is 4. The van der Waals surface area contributed by atoms with Crippen molar-refractivity contribution in [3.05, 3.63) is 53.3 Å². The number of hydrogen-bond donors (Lipinski definition) is 2.